The highest BCUT2D eigenvalue weighted by Gasteiger charge is 2.16. The summed E-state index contributed by atoms with van der Waals surface area (Å²) in [5.41, 5.74) is 4.32. The van der Waals surface area contributed by atoms with E-state index in [9.17, 15) is 8.42 Å². The van der Waals surface area contributed by atoms with E-state index in [1.54, 1.807) is 12.1 Å². The zero-order valence-corrected chi connectivity index (χ0v) is 14.8. The third-order valence-electron chi connectivity index (χ3n) is 3.00. The Hall–Kier alpha value is -1.59. The number of benzene rings is 1. The molecule has 2 aromatic rings. The average molecular weight is 377 g/mol. The standard InChI is InChI=1S/C14H17N2O2S.ClHO4/c1-10-8-11(2)16(12(3)9-10)13-4-6-14(7-5-13)19(15,17)18;2-1(3,4)5/h4-9H,1-3H3,(H2,15,17,18);(H,2,3,4,5)/q+1;/p-1. The summed E-state index contributed by atoms with van der Waals surface area (Å²) in [7, 11) is -8.58. The first-order chi connectivity index (χ1) is 10.8. The van der Waals surface area contributed by atoms with Gasteiger partial charge in [0.25, 0.3) is 0 Å². The predicted octanol–water partition coefficient (Wildman–Crippen LogP) is -3.22. The maximum Gasteiger partial charge on any atom is 0.238 e. The van der Waals surface area contributed by atoms with Crippen molar-refractivity contribution in [1.82, 2.24) is 0 Å². The first-order valence-electron chi connectivity index (χ1n) is 6.54. The first kappa shape index (κ1) is 20.5. The van der Waals surface area contributed by atoms with Crippen molar-refractivity contribution in [3.05, 3.63) is 53.3 Å². The van der Waals surface area contributed by atoms with Crippen molar-refractivity contribution in [3.8, 4) is 5.69 Å². The van der Waals surface area contributed by atoms with Crippen molar-refractivity contribution in [3.63, 3.8) is 0 Å². The maximum absolute atomic E-state index is 11.2. The summed E-state index contributed by atoms with van der Waals surface area (Å²) in [6, 6.07) is 10.7. The normalized spacial score (nSPS) is 11.7. The van der Waals surface area contributed by atoms with Crippen LogP contribution in [0.25, 0.3) is 5.69 Å². The summed E-state index contributed by atoms with van der Waals surface area (Å²) in [6.45, 7) is 6.09. The molecule has 0 radical (unpaired) electrons. The number of aryl methyl sites for hydroxylation is 3. The number of rotatable bonds is 2. The van der Waals surface area contributed by atoms with E-state index in [1.165, 1.54) is 17.7 Å². The highest BCUT2D eigenvalue weighted by Crippen LogP contribution is 2.11. The minimum absolute atomic E-state index is 0.124. The van der Waals surface area contributed by atoms with Gasteiger partial charge >= 0.3 is 0 Å². The Morgan fingerprint density at radius 1 is 0.917 bits per heavy atom. The third kappa shape index (κ3) is 6.49. The lowest BCUT2D eigenvalue weighted by molar-refractivity contribution is -2.00. The number of pyridine rings is 1. The molecule has 1 aromatic carbocycles. The van der Waals surface area contributed by atoms with Gasteiger partial charge in [0, 0.05) is 38.1 Å². The minimum Gasteiger partial charge on any atom is -0.225 e. The Morgan fingerprint density at radius 2 is 1.29 bits per heavy atom. The molecule has 0 fully saturated rings. The molecule has 0 atom stereocenters. The van der Waals surface area contributed by atoms with Crippen molar-refractivity contribution in [1.29, 1.82) is 0 Å². The molecule has 132 valence electrons. The Kier molecular flexibility index (Phi) is 6.42. The molecule has 0 saturated heterocycles. The van der Waals surface area contributed by atoms with Gasteiger partial charge < -0.3 is 0 Å². The lowest BCUT2D eigenvalue weighted by Gasteiger charge is -2.17. The molecule has 8 nitrogen and oxygen atoms in total. The number of nitrogens with zero attached hydrogens (tertiary/aromatic N) is 1. The van der Waals surface area contributed by atoms with Crippen molar-refractivity contribution < 1.29 is 41.9 Å². The molecule has 10 heteroatoms. The van der Waals surface area contributed by atoms with Crippen LogP contribution in [0.15, 0.2) is 41.3 Å². The molecule has 24 heavy (non-hydrogen) atoms. The molecule has 0 amide bonds. The van der Waals surface area contributed by atoms with Crippen LogP contribution >= 0.6 is 0 Å². The van der Waals surface area contributed by atoms with Gasteiger partial charge in [-0.1, -0.05) is 0 Å². The zero-order chi connectivity index (χ0) is 18.7. The van der Waals surface area contributed by atoms with E-state index in [1.807, 2.05) is 13.8 Å². The molecule has 1 aromatic heterocycles. The predicted molar refractivity (Wildman–Crippen MR) is 73.6 cm³/mol. The highest BCUT2D eigenvalue weighted by atomic mass is 35.7. The highest BCUT2D eigenvalue weighted by molar-refractivity contribution is 7.89. The van der Waals surface area contributed by atoms with Crippen LogP contribution in [0.5, 0.6) is 0 Å². The van der Waals surface area contributed by atoms with E-state index in [4.69, 9.17) is 23.8 Å². The number of hydrogen-bond donors (Lipinski definition) is 1. The largest absolute Gasteiger partial charge is 0.238 e. The van der Waals surface area contributed by atoms with Gasteiger partial charge in [0.1, 0.15) is 0 Å². The minimum atomic E-state index is -4.94. The summed E-state index contributed by atoms with van der Waals surface area (Å²) < 4.78 is 58.5. The van der Waals surface area contributed by atoms with Crippen LogP contribution in [-0.2, 0) is 10.0 Å². The quantitative estimate of drug-likeness (QED) is 0.543. The van der Waals surface area contributed by atoms with Gasteiger partial charge in [0.15, 0.2) is 11.4 Å². The number of aromatic nitrogens is 1. The van der Waals surface area contributed by atoms with E-state index < -0.39 is 20.3 Å². The SMILES string of the molecule is Cc1cc(C)[n+](-c2ccc(S(N)(=O)=O)cc2)c(C)c1.[O-][Cl+3]([O-])([O-])[O-]. The third-order valence-corrected chi connectivity index (χ3v) is 3.93. The van der Waals surface area contributed by atoms with Crippen molar-refractivity contribution in [2.75, 3.05) is 0 Å². The van der Waals surface area contributed by atoms with Crippen molar-refractivity contribution in [2.45, 2.75) is 25.7 Å². The van der Waals surface area contributed by atoms with Crippen molar-refractivity contribution in [2.24, 2.45) is 5.14 Å². The second-order valence-electron chi connectivity index (χ2n) is 5.07. The van der Waals surface area contributed by atoms with Gasteiger partial charge in [-0.2, -0.15) is 4.57 Å². The van der Waals surface area contributed by atoms with Crippen LogP contribution in [0.1, 0.15) is 17.0 Å². The molecular formula is C14H17ClN2O6S. The van der Waals surface area contributed by atoms with Gasteiger partial charge in [0.05, 0.1) is 4.90 Å². The number of sulfonamides is 1. The fourth-order valence-electron chi connectivity index (χ4n) is 2.30. The molecule has 1 heterocycles. The number of hydrogen-bond acceptors (Lipinski definition) is 6. The Morgan fingerprint density at radius 3 is 1.62 bits per heavy atom. The molecule has 0 unspecified atom stereocenters. The Bertz CT molecular complexity index is 787. The molecule has 0 saturated carbocycles. The summed E-state index contributed by atoms with van der Waals surface area (Å²) in [5, 5.41) is 5.09. The Balaban J connectivity index is 0.000000505. The molecule has 2 rings (SSSR count). The van der Waals surface area contributed by atoms with Crippen LogP contribution in [0.3, 0.4) is 0 Å². The van der Waals surface area contributed by atoms with E-state index >= 15 is 0 Å². The number of nitrogens with two attached hydrogens (primary N) is 1. The monoisotopic (exact) mass is 376 g/mol. The summed E-state index contributed by atoms with van der Waals surface area (Å²) in [4.78, 5) is 0.124. The first-order valence-corrected chi connectivity index (χ1v) is 9.32. The summed E-state index contributed by atoms with van der Waals surface area (Å²) in [5.74, 6) is 0. The number of primary sulfonamides is 1. The zero-order valence-electron chi connectivity index (χ0n) is 13.2. The van der Waals surface area contributed by atoms with Crippen LogP contribution in [-0.4, -0.2) is 8.42 Å². The maximum atomic E-state index is 11.2. The van der Waals surface area contributed by atoms with E-state index in [-0.39, 0.29) is 4.90 Å². The van der Waals surface area contributed by atoms with Crippen LogP contribution in [0, 0.1) is 31.0 Å². The van der Waals surface area contributed by atoms with Gasteiger partial charge in [-0.25, -0.2) is 32.2 Å². The van der Waals surface area contributed by atoms with Crippen LogP contribution in [0.2, 0.25) is 0 Å². The molecular weight excluding hydrogens is 360 g/mol. The molecule has 0 aliphatic heterocycles. The van der Waals surface area contributed by atoms with E-state index in [0.717, 1.165) is 17.1 Å². The smallest absolute Gasteiger partial charge is 0.225 e. The molecule has 2 N–H and O–H groups in total. The number of halogens is 1. The van der Waals surface area contributed by atoms with Gasteiger partial charge in [-0.3, -0.25) is 0 Å². The lowest BCUT2D eigenvalue weighted by atomic mass is 10.2. The van der Waals surface area contributed by atoms with Crippen molar-refractivity contribution >= 4 is 10.0 Å². The summed E-state index contributed by atoms with van der Waals surface area (Å²) >= 11 is 0. The van der Waals surface area contributed by atoms with E-state index in [2.05, 4.69) is 23.6 Å². The molecule has 0 aliphatic carbocycles. The Labute approximate surface area is 142 Å². The average Bonchev–Trinajstić information content (AvgIpc) is 2.35. The van der Waals surface area contributed by atoms with Gasteiger partial charge in [0.2, 0.25) is 15.7 Å². The second-order valence-corrected chi connectivity index (χ2v) is 7.39. The summed E-state index contributed by atoms with van der Waals surface area (Å²) in [6.07, 6.45) is 0. The second kappa shape index (κ2) is 7.53. The fourth-order valence-corrected chi connectivity index (χ4v) is 2.82. The van der Waals surface area contributed by atoms with Crippen LogP contribution < -0.4 is 28.3 Å². The molecule has 0 spiro atoms. The molecule has 0 aliphatic rings. The lowest BCUT2D eigenvalue weighted by Crippen LogP contribution is -2.68. The molecule has 0 bridgehead atoms. The van der Waals surface area contributed by atoms with E-state index in [0.29, 0.717) is 0 Å². The van der Waals surface area contributed by atoms with Gasteiger partial charge in [-0.15, -0.1) is 10.2 Å². The van der Waals surface area contributed by atoms with Crippen LogP contribution in [0.4, 0.5) is 0 Å². The topological polar surface area (TPSA) is 156 Å². The van der Waals surface area contributed by atoms with Gasteiger partial charge in [-0.05, 0) is 24.6 Å². The fraction of sp³-hybridized carbons (Fsp3) is 0.214.